The van der Waals surface area contributed by atoms with Crippen LogP contribution in [0.15, 0.2) is 24.3 Å². The van der Waals surface area contributed by atoms with E-state index in [0.717, 1.165) is 24.9 Å². The molecule has 20 heavy (non-hydrogen) atoms. The highest BCUT2D eigenvalue weighted by Crippen LogP contribution is 2.21. The summed E-state index contributed by atoms with van der Waals surface area (Å²) in [7, 11) is -3.24. The Kier molecular flexibility index (Phi) is 7.44. The van der Waals surface area contributed by atoms with Crippen molar-refractivity contribution in [2.45, 2.75) is 45.4 Å². The maximum Gasteiger partial charge on any atom is 0.229 e. The maximum absolute atomic E-state index is 11.3. The topological polar surface area (TPSA) is 58.2 Å². The molecule has 5 heteroatoms. The highest BCUT2D eigenvalue weighted by molar-refractivity contribution is 7.92. The van der Waals surface area contributed by atoms with Crippen LogP contribution in [0, 0.1) is 0 Å². The minimum absolute atomic E-state index is 0.612. The monoisotopic (exact) mass is 298 g/mol. The lowest BCUT2D eigenvalue weighted by molar-refractivity contribution is 0.607. The van der Waals surface area contributed by atoms with Gasteiger partial charge in [-0.25, -0.2) is 8.42 Å². The van der Waals surface area contributed by atoms with E-state index in [1.807, 2.05) is 18.2 Å². The van der Waals surface area contributed by atoms with Gasteiger partial charge in [-0.15, -0.1) is 0 Å². The third-order valence-electron chi connectivity index (χ3n) is 3.07. The Morgan fingerprint density at radius 2 is 1.55 bits per heavy atom. The Bertz CT molecular complexity index is 486. The van der Waals surface area contributed by atoms with Gasteiger partial charge in [0.25, 0.3) is 0 Å². The van der Waals surface area contributed by atoms with Crippen molar-refractivity contribution >= 4 is 21.4 Å². The summed E-state index contributed by atoms with van der Waals surface area (Å²) < 4.78 is 25.1. The van der Waals surface area contributed by atoms with Crippen molar-refractivity contribution in [1.29, 1.82) is 0 Å². The van der Waals surface area contributed by atoms with Crippen LogP contribution in [0.3, 0.4) is 0 Å². The number of hydrogen-bond acceptors (Lipinski definition) is 3. The Balaban J connectivity index is 2.36. The van der Waals surface area contributed by atoms with Gasteiger partial charge in [0, 0.05) is 6.54 Å². The molecule has 1 aromatic rings. The first-order valence-electron chi connectivity index (χ1n) is 7.33. The lowest BCUT2D eigenvalue weighted by Crippen LogP contribution is -2.12. The van der Waals surface area contributed by atoms with Crippen LogP contribution in [0.2, 0.25) is 0 Å². The lowest BCUT2D eigenvalue weighted by Gasteiger charge is -2.12. The fourth-order valence-electron chi connectivity index (χ4n) is 2.05. The second-order valence-electron chi connectivity index (χ2n) is 5.11. The van der Waals surface area contributed by atoms with Crippen molar-refractivity contribution in [2.75, 3.05) is 22.8 Å². The first-order chi connectivity index (χ1) is 9.53. The third-order valence-corrected chi connectivity index (χ3v) is 3.66. The summed E-state index contributed by atoms with van der Waals surface area (Å²) in [6, 6.07) is 7.38. The van der Waals surface area contributed by atoms with Crippen LogP contribution >= 0.6 is 0 Å². The number of hydrogen-bond donors (Lipinski definition) is 2. The molecule has 0 radical (unpaired) electrons. The summed E-state index contributed by atoms with van der Waals surface area (Å²) in [5.74, 6) is 0. The van der Waals surface area contributed by atoms with Gasteiger partial charge in [0.2, 0.25) is 10.0 Å². The molecule has 0 aliphatic rings. The molecule has 4 nitrogen and oxygen atoms in total. The third kappa shape index (κ3) is 7.38. The SMILES string of the molecule is CCCCCCCCNc1ccccc1NS(C)(=O)=O. The van der Waals surface area contributed by atoms with Crippen molar-refractivity contribution in [3.63, 3.8) is 0 Å². The molecule has 0 aromatic heterocycles. The molecule has 2 N–H and O–H groups in total. The van der Waals surface area contributed by atoms with E-state index in [1.165, 1.54) is 32.1 Å². The molecule has 1 rings (SSSR count). The molecule has 0 saturated heterocycles. The van der Waals surface area contributed by atoms with E-state index in [4.69, 9.17) is 0 Å². The molecule has 0 bridgehead atoms. The second-order valence-corrected chi connectivity index (χ2v) is 6.86. The summed E-state index contributed by atoms with van der Waals surface area (Å²) in [4.78, 5) is 0. The number of benzene rings is 1. The number of para-hydroxylation sites is 2. The molecule has 0 heterocycles. The van der Waals surface area contributed by atoms with Gasteiger partial charge < -0.3 is 5.32 Å². The summed E-state index contributed by atoms with van der Waals surface area (Å²) in [6.45, 7) is 3.09. The zero-order valence-corrected chi connectivity index (χ0v) is 13.3. The molecule has 1 aromatic carbocycles. The van der Waals surface area contributed by atoms with Gasteiger partial charge in [-0.3, -0.25) is 4.72 Å². The van der Waals surface area contributed by atoms with Gasteiger partial charge in [0.15, 0.2) is 0 Å². The van der Waals surface area contributed by atoms with E-state index in [0.29, 0.717) is 5.69 Å². The van der Waals surface area contributed by atoms with Crippen molar-refractivity contribution in [2.24, 2.45) is 0 Å². The van der Waals surface area contributed by atoms with E-state index in [-0.39, 0.29) is 0 Å². The van der Waals surface area contributed by atoms with Gasteiger partial charge in [0.05, 0.1) is 17.6 Å². The summed E-state index contributed by atoms with van der Waals surface area (Å²) >= 11 is 0. The van der Waals surface area contributed by atoms with Gasteiger partial charge in [-0.1, -0.05) is 51.2 Å². The number of unbranched alkanes of at least 4 members (excludes halogenated alkanes) is 5. The van der Waals surface area contributed by atoms with E-state index in [9.17, 15) is 8.42 Å². The summed E-state index contributed by atoms with van der Waals surface area (Å²) in [5.41, 5.74) is 1.45. The van der Waals surface area contributed by atoms with Crippen LogP contribution in [0.5, 0.6) is 0 Å². The summed E-state index contributed by atoms with van der Waals surface area (Å²) in [5, 5.41) is 3.30. The molecular formula is C15H26N2O2S. The molecule has 0 aliphatic carbocycles. The molecule has 114 valence electrons. The highest BCUT2D eigenvalue weighted by Gasteiger charge is 2.06. The van der Waals surface area contributed by atoms with Crippen LogP contribution < -0.4 is 10.0 Å². The Morgan fingerprint density at radius 3 is 2.20 bits per heavy atom. The van der Waals surface area contributed by atoms with Crippen molar-refractivity contribution in [3.05, 3.63) is 24.3 Å². The fourth-order valence-corrected chi connectivity index (χ4v) is 2.63. The first kappa shape index (κ1) is 16.8. The Morgan fingerprint density at radius 1 is 0.950 bits per heavy atom. The molecule has 0 fully saturated rings. The van der Waals surface area contributed by atoms with E-state index in [2.05, 4.69) is 17.0 Å². The zero-order chi connectivity index (χ0) is 14.8. The van der Waals surface area contributed by atoms with Crippen LogP contribution in [0.1, 0.15) is 45.4 Å². The number of rotatable bonds is 10. The molecule has 0 aliphatic heterocycles. The maximum atomic E-state index is 11.3. The second kappa shape index (κ2) is 8.84. The number of anilines is 2. The van der Waals surface area contributed by atoms with Gasteiger partial charge >= 0.3 is 0 Å². The quantitative estimate of drug-likeness (QED) is 0.645. The zero-order valence-electron chi connectivity index (χ0n) is 12.5. The van der Waals surface area contributed by atoms with Crippen molar-refractivity contribution in [3.8, 4) is 0 Å². The van der Waals surface area contributed by atoms with Gasteiger partial charge in [-0.05, 0) is 18.6 Å². The number of sulfonamides is 1. The molecular weight excluding hydrogens is 272 g/mol. The first-order valence-corrected chi connectivity index (χ1v) is 9.23. The Hall–Kier alpha value is -1.23. The van der Waals surface area contributed by atoms with Crippen LogP contribution in [-0.4, -0.2) is 21.2 Å². The average Bonchev–Trinajstić information content (AvgIpc) is 2.38. The fraction of sp³-hybridized carbons (Fsp3) is 0.600. The molecule has 0 saturated carbocycles. The smallest absolute Gasteiger partial charge is 0.229 e. The van der Waals surface area contributed by atoms with Crippen LogP contribution in [0.4, 0.5) is 11.4 Å². The molecule has 0 spiro atoms. The van der Waals surface area contributed by atoms with Gasteiger partial charge in [-0.2, -0.15) is 0 Å². The van der Waals surface area contributed by atoms with E-state index in [1.54, 1.807) is 6.07 Å². The minimum Gasteiger partial charge on any atom is -0.383 e. The molecule has 0 atom stereocenters. The predicted octanol–water partition coefficient (Wildman–Crippen LogP) is 3.83. The standard InChI is InChI=1S/C15H26N2O2S/c1-3-4-5-6-7-10-13-16-14-11-8-9-12-15(14)17-20(2,18)19/h8-9,11-12,16-17H,3-7,10,13H2,1-2H3. The highest BCUT2D eigenvalue weighted by atomic mass is 32.2. The largest absolute Gasteiger partial charge is 0.383 e. The average molecular weight is 298 g/mol. The summed E-state index contributed by atoms with van der Waals surface area (Å²) in [6.07, 6.45) is 8.65. The van der Waals surface area contributed by atoms with Crippen molar-refractivity contribution in [1.82, 2.24) is 0 Å². The van der Waals surface area contributed by atoms with Gasteiger partial charge in [0.1, 0.15) is 0 Å². The van der Waals surface area contributed by atoms with E-state index < -0.39 is 10.0 Å². The number of nitrogens with one attached hydrogen (secondary N) is 2. The normalized spacial score (nSPS) is 11.3. The van der Waals surface area contributed by atoms with E-state index >= 15 is 0 Å². The lowest BCUT2D eigenvalue weighted by atomic mass is 10.1. The minimum atomic E-state index is -3.24. The molecule has 0 amide bonds. The molecule has 0 unspecified atom stereocenters. The Labute approximate surface area is 123 Å². The predicted molar refractivity (Wildman–Crippen MR) is 86.8 cm³/mol. The van der Waals surface area contributed by atoms with Crippen molar-refractivity contribution < 1.29 is 8.42 Å². The van der Waals surface area contributed by atoms with Crippen LogP contribution in [0.25, 0.3) is 0 Å². The van der Waals surface area contributed by atoms with Crippen LogP contribution in [-0.2, 0) is 10.0 Å².